The van der Waals surface area contributed by atoms with E-state index in [1.807, 2.05) is 44.2 Å². The molecule has 1 aromatic heterocycles. The van der Waals surface area contributed by atoms with Gasteiger partial charge in [-0.3, -0.25) is 4.79 Å². The summed E-state index contributed by atoms with van der Waals surface area (Å²) in [5.74, 6) is -0.00687. The second kappa shape index (κ2) is 5.74. The Kier molecular flexibility index (Phi) is 4.03. The van der Waals surface area contributed by atoms with Gasteiger partial charge in [0.1, 0.15) is 0 Å². The molecule has 0 spiro atoms. The van der Waals surface area contributed by atoms with E-state index in [-0.39, 0.29) is 22.9 Å². The van der Waals surface area contributed by atoms with Crippen LogP contribution in [0.1, 0.15) is 25.8 Å². The lowest BCUT2D eigenvalue weighted by molar-refractivity contribution is -0.117. The van der Waals surface area contributed by atoms with E-state index in [9.17, 15) is 9.90 Å². The number of hydrogen-bond acceptors (Lipinski definition) is 3. The van der Waals surface area contributed by atoms with Crippen LogP contribution >= 0.6 is 0 Å². The van der Waals surface area contributed by atoms with Crippen molar-refractivity contribution in [1.29, 1.82) is 0 Å². The summed E-state index contributed by atoms with van der Waals surface area (Å²) in [7, 11) is 0. The van der Waals surface area contributed by atoms with E-state index in [2.05, 4.69) is 10.3 Å². The smallest absolute Gasteiger partial charge is 0.226 e. The number of nitrogens with one attached hydrogen (secondary N) is 1. The summed E-state index contributed by atoms with van der Waals surface area (Å²) in [6, 6.07) is 13.0. The minimum absolute atomic E-state index is 0.0293. The Morgan fingerprint density at radius 2 is 1.90 bits per heavy atom. The second-order valence-electron chi connectivity index (χ2n) is 5.35. The van der Waals surface area contributed by atoms with Crippen molar-refractivity contribution in [2.45, 2.75) is 25.7 Å². The predicted molar refractivity (Wildman–Crippen MR) is 78.6 cm³/mol. The van der Waals surface area contributed by atoms with Crippen molar-refractivity contribution in [3.8, 4) is 5.75 Å². The first-order chi connectivity index (χ1) is 9.49. The van der Waals surface area contributed by atoms with Gasteiger partial charge in [-0.25, -0.2) is 4.98 Å². The molecule has 1 amide bonds. The van der Waals surface area contributed by atoms with Crippen LogP contribution in [-0.4, -0.2) is 16.0 Å². The summed E-state index contributed by atoms with van der Waals surface area (Å²) < 4.78 is 0. The molecule has 0 saturated heterocycles. The Bertz CT molecular complexity index is 594. The number of hydrogen-bond donors (Lipinski definition) is 2. The lowest BCUT2D eigenvalue weighted by Crippen LogP contribution is -2.26. The number of rotatable bonds is 4. The van der Waals surface area contributed by atoms with Gasteiger partial charge in [0.2, 0.25) is 5.91 Å². The fraction of sp³-hybridized carbons (Fsp3) is 0.250. The van der Waals surface area contributed by atoms with Crippen LogP contribution in [0.5, 0.6) is 5.75 Å². The Morgan fingerprint density at radius 1 is 1.20 bits per heavy atom. The molecule has 2 N–H and O–H groups in total. The zero-order chi connectivity index (χ0) is 14.6. The quantitative estimate of drug-likeness (QED) is 0.897. The molecule has 104 valence electrons. The zero-order valence-corrected chi connectivity index (χ0v) is 11.6. The van der Waals surface area contributed by atoms with Gasteiger partial charge in [-0.2, -0.15) is 0 Å². The van der Waals surface area contributed by atoms with E-state index < -0.39 is 0 Å². The number of aromatic nitrogens is 1. The maximum atomic E-state index is 12.1. The van der Waals surface area contributed by atoms with Crippen LogP contribution in [0, 0.1) is 0 Å². The molecule has 1 heterocycles. The maximum absolute atomic E-state index is 12.1. The summed E-state index contributed by atoms with van der Waals surface area (Å²) in [4.78, 5) is 16.0. The van der Waals surface area contributed by atoms with Crippen LogP contribution in [0.15, 0.2) is 48.7 Å². The van der Waals surface area contributed by atoms with Crippen molar-refractivity contribution < 1.29 is 9.90 Å². The van der Waals surface area contributed by atoms with Gasteiger partial charge in [-0.1, -0.05) is 44.2 Å². The topological polar surface area (TPSA) is 62.2 Å². The Labute approximate surface area is 118 Å². The number of carbonyl (C=O) groups excluding carboxylic acids is 1. The van der Waals surface area contributed by atoms with Gasteiger partial charge in [-0.05, 0) is 23.1 Å². The molecule has 0 saturated carbocycles. The molecule has 20 heavy (non-hydrogen) atoms. The number of carbonyl (C=O) groups is 1. The highest BCUT2D eigenvalue weighted by Crippen LogP contribution is 2.27. The largest absolute Gasteiger partial charge is 0.504 e. The van der Waals surface area contributed by atoms with Crippen LogP contribution in [0.25, 0.3) is 0 Å². The van der Waals surface area contributed by atoms with Crippen LogP contribution < -0.4 is 5.32 Å². The summed E-state index contributed by atoms with van der Waals surface area (Å²) in [6.07, 6.45) is 1.84. The van der Waals surface area contributed by atoms with Crippen LogP contribution in [-0.2, 0) is 10.2 Å². The molecule has 0 aliphatic rings. The molecule has 4 nitrogen and oxygen atoms in total. The fourth-order valence-electron chi connectivity index (χ4n) is 2.06. The van der Waals surface area contributed by atoms with Crippen LogP contribution in [0.4, 0.5) is 5.82 Å². The summed E-state index contributed by atoms with van der Waals surface area (Å²) in [6.45, 7) is 4.03. The molecule has 0 bridgehead atoms. The molecule has 0 aliphatic carbocycles. The van der Waals surface area contributed by atoms with Crippen molar-refractivity contribution in [2.75, 3.05) is 5.32 Å². The lowest BCUT2D eigenvalue weighted by atomic mass is 9.81. The zero-order valence-electron chi connectivity index (χ0n) is 11.6. The van der Waals surface area contributed by atoms with Gasteiger partial charge in [0.25, 0.3) is 0 Å². The summed E-state index contributed by atoms with van der Waals surface area (Å²) in [5, 5.41) is 12.2. The molecule has 4 heteroatoms. The third kappa shape index (κ3) is 3.35. The van der Waals surface area contributed by atoms with Gasteiger partial charge in [-0.15, -0.1) is 0 Å². The van der Waals surface area contributed by atoms with Crippen molar-refractivity contribution in [1.82, 2.24) is 4.98 Å². The first kappa shape index (κ1) is 14.1. The third-order valence-corrected chi connectivity index (χ3v) is 3.20. The number of pyridine rings is 1. The summed E-state index contributed by atoms with van der Waals surface area (Å²) >= 11 is 0. The molecule has 0 fully saturated rings. The van der Waals surface area contributed by atoms with E-state index in [0.29, 0.717) is 6.42 Å². The number of nitrogens with zero attached hydrogens (tertiary/aromatic N) is 1. The van der Waals surface area contributed by atoms with Gasteiger partial charge in [0, 0.05) is 12.6 Å². The highest BCUT2D eigenvalue weighted by Gasteiger charge is 2.24. The van der Waals surface area contributed by atoms with Crippen LogP contribution in [0.3, 0.4) is 0 Å². The average Bonchev–Trinajstić information content (AvgIpc) is 2.42. The lowest BCUT2D eigenvalue weighted by Gasteiger charge is -2.24. The second-order valence-corrected chi connectivity index (χ2v) is 5.35. The van der Waals surface area contributed by atoms with Crippen molar-refractivity contribution in [2.24, 2.45) is 0 Å². The first-order valence-corrected chi connectivity index (χ1v) is 6.48. The normalized spacial score (nSPS) is 11.1. The number of amides is 1. The highest BCUT2D eigenvalue weighted by atomic mass is 16.3. The molecule has 0 radical (unpaired) electrons. The molecular formula is C16H18N2O2. The van der Waals surface area contributed by atoms with Gasteiger partial charge in [0.05, 0.1) is 0 Å². The molecule has 0 aliphatic heterocycles. The van der Waals surface area contributed by atoms with Crippen molar-refractivity contribution in [3.63, 3.8) is 0 Å². The Balaban J connectivity index is 2.07. The van der Waals surface area contributed by atoms with E-state index in [0.717, 1.165) is 5.56 Å². The fourth-order valence-corrected chi connectivity index (χ4v) is 2.06. The number of aromatic hydroxyl groups is 1. The van der Waals surface area contributed by atoms with Gasteiger partial charge in [0.15, 0.2) is 11.6 Å². The Hall–Kier alpha value is -2.36. The minimum Gasteiger partial charge on any atom is -0.504 e. The minimum atomic E-state index is -0.282. The third-order valence-electron chi connectivity index (χ3n) is 3.20. The van der Waals surface area contributed by atoms with Gasteiger partial charge >= 0.3 is 0 Å². The number of benzene rings is 1. The predicted octanol–water partition coefficient (Wildman–Crippen LogP) is 3.09. The first-order valence-electron chi connectivity index (χ1n) is 6.48. The Morgan fingerprint density at radius 3 is 2.55 bits per heavy atom. The monoisotopic (exact) mass is 270 g/mol. The SMILES string of the molecule is CC(C)(CC(=O)Nc1ncccc1O)c1ccccc1. The average molecular weight is 270 g/mol. The standard InChI is InChI=1S/C16H18N2O2/c1-16(2,12-7-4-3-5-8-12)11-14(20)18-15-13(19)9-6-10-17-15/h3-10,19H,11H2,1-2H3,(H,17,18,20). The molecule has 2 rings (SSSR count). The van der Waals surface area contributed by atoms with E-state index in [1.165, 1.54) is 12.3 Å². The number of anilines is 1. The van der Waals surface area contributed by atoms with E-state index in [4.69, 9.17) is 0 Å². The van der Waals surface area contributed by atoms with Crippen molar-refractivity contribution >= 4 is 11.7 Å². The van der Waals surface area contributed by atoms with Crippen LogP contribution in [0.2, 0.25) is 0 Å². The summed E-state index contributed by atoms with van der Waals surface area (Å²) in [5.41, 5.74) is 0.816. The molecule has 1 aromatic carbocycles. The molecule has 0 unspecified atom stereocenters. The molecular weight excluding hydrogens is 252 g/mol. The highest BCUT2D eigenvalue weighted by molar-refractivity contribution is 5.91. The van der Waals surface area contributed by atoms with E-state index in [1.54, 1.807) is 6.07 Å². The van der Waals surface area contributed by atoms with E-state index >= 15 is 0 Å². The molecule has 2 aromatic rings. The maximum Gasteiger partial charge on any atom is 0.226 e. The van der Waals surface area contributed by atoms with Crippen molar-refractivity contribution in [3.05, 3.63) is 54.2 Å². The molecule has 0 atom stereocenters. The van der Waals surface area contributed by atoms with Gasteiger partial charge < -0.3 is 10.4 Å².